The fourth-order valence-corrected chi connectivity index (χ4v) is 3.39. The van der Waals surface area contributed by atoms with Crippen molar-refractivity contribution in [1.82, 2.24) is 9.97 Å². The van der Waals surface area contributed by atoms with Crippen LogP contribution in [-0.4, -0.2) is 36.2 Å². The van der Waals surface area contributed by atoms with Gasteiger partial charge in [-0.3, -0.25) is 4.79 Å². The lowest BCUT2D eigenvalue weighted by Gasteiger charge is -2.12. The van der Waals surface area contributed by atoms with E-state index in [0.29, 0.717) is 53.4 Å². The lowest BCUT2D eigenvalue weighted by Crippen LogP contribution is -2.14. The molecule has 4 aromatic rings. The number of nitrogens with one attached hydrogen (secondary N) is 1. The Kier molecular flexibility index (Phi) is 7.56. The molecule has 3 aromatic carbocycles. The number of nitrogens with zero attached hydrogens (tertiary/aromatic N) is 2. The summed E-state index contributed by atoms with van der Waals surface area (Å²) in [5, 5.41) is 2.08. The molecule has 1 N–H and O–H groups in total. The molecular weight excluding hydrogens is 499 g/mol. The van der Waals surface area contributed by atoms with Crippen molar-refractivity contribution >= 4 is 34.2 Å². The number of carbonyl (C=O) groups is 1. The largest absolute Gasteiger partial charge is 0.474 e. The highest BCUT2D eigenvalue weighted by Gasteiger charge is 2.33. The van der Waals surface area contributed by atoms with Crippen LogP contribution < -0.4 is 14.8 Å². The van der Waals surface area contributed by atoms with E-state index in [0.717, 1.165) is 6.07 Å². The van der Waals surface area contributed by atoms with E-state index in [9.17, 15) is 18.0 Å². The Bertz CT molecular complexity index is 1380. The molecule has 0 aliphatic heterocycles. The number of anilines is 1. The normalized spacial score (nSPS) is 11.4. The standard InChI is InChI=1S/C25H19ClF3N3O4/c1-34-10-11-35-23-14-30-21-9-7-18(13-22(21)32-23)36-17-5-3-16(4-6-17)31-24(33)15-2-8-20(26)19(12-15)25(27,28)29/h2-9,12-14H,10-11H2,1H3,(H,31,33). The van der Waals surface area contributed by atoms with Crippen LogP contribution in [0.4, 0.5) is 18.9 Å². The first-order valence-corrected chi connectivity index (χ1v) is 11.0. The van der Waals surface area contributed by atoms with Gasteiger partial charge in [-0.2, -0.15) is 13.2 Å². The number of alkyl halides is 3. The van der Waals surface area contributed by atoms with Gasteiger partial charge in [-0.1, -0.05) is 11.6 Å². The molecule has 0 aliphatic carbocycles. The second-order valence-corrected chi connectivity index (χ2v) is 7.88. The summed E-state index contributed by atoms with van der Waals surface area (Å²) in [6.45, 7) is 0.769. The molecule has 0 atom stereocenters. The zero-order chi connectivity index (χ0) is 25.7. The van der Waals surface area contributed by atoms with Crippen molar-refractivity contribution in [3.05, 3.63) is 83.0 Å². The molecule has 0 aliphatic rings. The fourth-order valence-electron chi connectivity index (χ4n) is 3.17. The van der Waals surface area contributed by atoms with Crippen LogP contribution in [0.3, 0.4) is 0 Å². The summed E-state index contributed by atoms with van der Waals surface area (Å²) in [6, 6.07) is 14.5. The van der Waals surface area contributed by atoms with Crippen molar-refractivity contribution < 1.29 is 32.2 Å². The molecule has 0 fully saturated rings. The first-order chi connectivity index (χ1) is 17.2. The molecule has 1 aromatic heterocycles. The summed E-state index contributed by atoms with van der Waals surface area (Å²) < 4.78 is 55.5. The molecule has 1 amide bonds. The van der Waals surface area contributed by atoms with E-state index in [1.165, 1.54) is 12.3 Å². The number of benzene rings is 3. The van der Waals surface area contributed by atoms with Gasteiger partial charge in [0.05, 0.1) is 34.4 Å². The van der Waals surface area contributed by atoms with Crippen LogP contribution in [0.1, 0.15) is 15.9 Å². The molecule has 0 radical (unpaired) electrons. The number of methoxy groups -OCH3 is 1. The predicted octanol–water partition coefficient (Wildman–Crippen LogP) is 6.37. The maximum absolute atomic E-state index is 13.1. The average molecular weight is 518 g/mol. The zero-order valence-corrected chi connectivity index (χ0v) is 19.6. The SMILES string of the molecule is COCCOc1cnc2ccc(Oc3ccc(NC(=O)c4ccc(Cl)c(C(F)(F)F)c4)cc3)cc2n1. The van der Waals surface area contributed by atoms with E-state index in [1.54, 1.807) is 49.6 Å². The lowest BCUT2D eigenvalue weighted by molar-refractivity contribution is -0.137. The van der Waals surface area contributed by atoms with Crippen LogP contribution in [0, 0.1) is 0 Å². The highest BCUT2D eigenvalue weighted by molar-refractivity contribution is 6.31. The van der Waals surface area contributed by atoms with Gasteiger partial charge in [0.25, 0.3) is 5.91 Å². The van der Waals surface area contributed by atoms with Crippen LogP contribution >= 0.6 is 11.6 Å². The maximum atomic E-state index is 13.1. The van der Waals surface area contributed by atoms with Crippen molar-refractivity contribution in [2.75, 3.05) is 25.6 Å². The molecular formula is C25H19ClF3N3O4. The molecule has 1 heterocycles. The summed E-state index contributed by atoms with van der Waals surface area (Å²) in [4.78, 5) is 21.1. The number of amides is 1. The van der Waals surface area contributed by atoms with Gasteiger partial charge in [-0.15, -0.1) is 0 Å². The molecule has 0 saturated heterocycles. The van der Waals surface area contributed by atoms with Crippen LogP contribution in [0.2, 0.25) is 5.02 Å². The van der Waals surface area contributed by atoms with Crippen molar-refractivity contribution in [3.63, 3.8) is 0 Å². The number of hydrogen-bond donors (Lipinski definition) is 1. The predicted molar refractivity (Wildman–Crippen MR) is 128 cm³/mol. The van der Waals surface area contributed by atoms with Gasteiger partial charge < -0.3 is 19.5 Å². The van der Waals surface area contributed by atoms with E-state index in [-0.39, 0.29) is 5.56 Å². The van der Waals surface area contributed by atoms with E-state index in [2.05, 4.69) is 15.3 Å². The zero-order valence-electron chi connectivity index (χ0n) is 18.8. The van der Waals surface area contributed by atoms with E-state index in [1.807, 2.05) is 0 Å². The van der Waals surface area contributed by atoms with Gasteiger partial charge in [0, 0.05) is 24.4 Å². The van der Waals surface area contributed by atoms with Crippen LogP contribution in [0.15, 0.2) is 66.9 Å². The molecule has 4 rings (SSSR count). The Morgan fingerprint density at radius 1 is 0.972 bits per heavy atom. The van der Waals surface area contributed by atoms with Crippen molar-refractivity contribution in [2.45, 2.75) is 6.18 Å². The summed E-state index contributed by atoms with van der Waals surface area (Å²) in [7, 11) is 1.58. The summed E-state index contributed by atoms with van der Waals surface area (Å²) in [5.74, 6) is 0.629. The number of rotatable bonds is 8. The van der Waals surface area contributed by atoms with Gasteiger partial charge in [0.15, 0.2) is 0 Å². The third kappa shape index (κ3) is 6.21. The highest BCUT2D eigenvalue weighted by atomic mass is 35.5. The van der Waals surface area contributed by atoms with Gasteiger partial charge in [-0.05, 0) is 54.6 Å². The Morgan fingerprint density at radius 3 is 2.44 bits per heavy atom. The summed E-state index contributed by atoms with van der Waals surface area (Å²) in [5.41, 5.74) is 0.366. The van der Waals surface area contributed by atoms with Crippen molar-refractivity contribution in [2.24, 2.45) is 0 Å². The highest BCUT2D eigenvalue weighted by Crippen LogP contribution is 2.35. The minimum absolute atomic E-state index is 0.171. The molecule has 0 unspecified atom stereocenters. The lowest BCUT2D eigenvalue weighted by atomic mass is 10.1. The van der Waals surface area contributed by atoms with E-state index >= 15 is 0 Å². The van der Waals surface area contributed by atoms with E-state index < -0.39 is 22.7 Å². The Morgan fingerprint density at radius 2 is 1.72 bits per heavy atom. The number of halogens is 4. The fraction of sp³-hybridized carbons (Fsp3) is 0.160. The Labute approximate surface area is 208 Å². The number of carbonyl (C=O) groups excluding carboxylic acids is 1. The summed E-state index contributed by atoms with van der Waals surface area (Å²) in [6.07, 6.45) is -3.14. The molecule has 36 heavy (non-hydrogen) atoms. The third-order valence-electron chi connectivity index (χ3n) is 4.91. The monoisotopic (exact) mass is 517 g/mol. The summed E-state index contributed by atoms with van der Waals surface area (Å²) >= 11 is 5.61. The topological polar surface area (TPSA) is 82.6 Å². The second kappa shape index (κ2) is 10.8. The quantitative estimate of drug-likeness (QED) is 0.273. The Balaban J connectivity index is 1.43. The minimum atomic E-state index is -4.67. The van der Waals surface area contributed by atoms with E-state index in [4.69, 9.17) is 25.8 Å². The van der Waals surface area contributed by atoms with Crippen molar-refractivity contribution in [3.8, 4) is 17.4 Å². The molecule has 0 spiro atoms. The third-order valence-corrected chi connectivity index (χ3v) is 5.24. The first kappa shape index (κ1) is 25.2. The Hall–Kier alpha value is -3.89. The van der Waals surface area contributed by atoms with Gasteiger partial charge in [0.1, 0.15) is 18.1 Å². The maximum Gasteiger partial charge on any atom is 0.417 e. The van der Waals surface area contributed by atoms with Crippen molar-refractivity contribution in [1.29, 1.82) is 0 Å². The number of aromatic nitrogens is 2. The second-order valence-electron chi connectivity index (χ2n) is 7.47. The number of fused-ring (bicyclic) bond motifs is 1. The molecule has 186 valence electrons. The molecule has 7 nitrogen and oxygen atoms in total. The van der Waals surface area contributed by atoms with Gasteiger partial charge in [-0.25, -0.2) is 9.97 Å². The molecule has 11 heteroatoms. The first-order valence-electron chi connectivity index (χ1n) is 10.6. The number of ether oxygens (including phenoxy) is 3. The smallest absolute Gasteiger partial charge is 0.417 e. The van der Waals surface area contributed by atoms with Crippen LogP contribution in [0.5, 0.6) is 17.4 Å². The molecule has 0 bridgehead atoms. The van der Waals surface area contributed by atoms with Crippen LogP contribution in [0.25, 0.3) is 11.0 Å². The van der Waals surface area contributed by atoms with Crippen LogP contribution in [-0.2, 0) is 10.9 Å². The van der Waals surface area contributed by atoms with Gasteiger partial charge >= 0.3 is 6.18 Å². The molecule has 0 saturated carbocycles. The number of hydrogen-bond acceptors (Lipinski definition) is 6. The average Bonchev–Trinajstić information content (AvgIpc) is 2.85. The minimum Gasteiger partial charge on any atom is -0.474 e. The van der Waals surface area contributed by atoms with Gasteiger partial charge in [0.2, 0.25) is 5.88 Å².